The molecule has 0 aliphatic heterocycles. The third-order valence-corrected chi connectivity index (χ3v) is 4.93. The Morgan fingerprint density at radius 1 is 0.893 bits per heavy atom. The molecule has 0 spiro atoms. The zero-order valence-electron chi connectivity index (χ0n) is 14.7. The molecule has 0 saturated carbocycles. The quantitative estimate of drug-likeness (QED) is 0.352. The van der Waals surface area contributed by atoms with Gasteiger partial charge in [0.1, 0.15) is 5.75 Å². The largest absolute Gasteiger partial charge is 0.421 e. The summed E-state index contributed by atoms with van der Waals surface area (Å²) in [6, 6.07) is 23.5. The van der Waals surface area contributed by atoms with Gasteiger partial charge in [-0.3, -0.25) is 4.79 Å². The van der Waals surface area contributed by atoms with Crippen LogP contribution >= 0.6 is 15.9 Å². The summed E-state index contributed by atoms with van der Waals surface area (Å²) in [4.78, 5) is 25.7. The number of fused-ring (bicyclic) bond motifs is 1. The second-order valence-electron chi connectivity index (χ2n) is 6.16. The molecule has 6 heteroatoms. The lowest BCUT2D eigenvalue weighted by molar-refractivity contribution is 0.0727. The van der Waals surface area contributed by atoms with Crippen LogP contribution in [-0.2, 0) is 6.54 Å². The van der Waals surface area contributed by atoms with Gasteiger partial charge in [-0.2, -0.15) is 5.10 Å². The maximum Gasteiger partial charge on any atom is 0.364 e. The highest BCUT2D eigenvalue weighted by molar-refractivity contribution is 9.10. The fourth-order valence-corrected chi connectivity index (χ4v) is 3.29. The SMILES string of the molecule is O=C(Oc1ccccc1Br)c1nn(Cc2ccccc2)c(=O)c2ccccc12. The van der Waals surface area contributed by atoms with Crippen LogP contribution in [0.2, 0.25) is 0 Å². The summed E-state index contributed by atoms with van der Waals surface area (Å²) in [5, 5.41) is 5.23. The average Bonchev–Trinajstić information content (AvgIpc) is 2.72. The summed E-state index contributed by atoms with van der Waals surface area (Å²) >= 11 is 3.36. The molecule has 0 radical (unpaired) electrons. The molecule has 0 N–H and O–H groups in total. The number of benzene rings is 3. The van der Waals surface area contributed by atoms with Crippen LogP contribution in [0.15, 0.2) is 88.1 Å². The van der Waals surface area contributed by atoms with Crippen LogP contribution in [0.1, 0.15) is 16.1 Å². The molecule has 0 saturated heterocycles. The molecule has 4 aromatic rings. The fourth-order valence-electron chi connectivity index (χ4n) is 2.93. The number of hydrogen-bond acceptors (Lipinski definition) is 4. The summed E-state index contributed by atoms with van der Waals surface area (Å²) in [6.07, 6.45) is 0. The molecular formula is C22H15BrN2O3. The number of rotatable bonds is 4. The molecule has 0 aliphatic rings. The van der Waals surface area contributed by atoms with E-state index in [9.17, 15) is 9.59 Å². The topological polar surface area (TPSA) is 61.2 Å². The molecule has 1 aromatic heterocycles. The van der Waals surface area contributed by atoms with E-state index in [4.69, 9.17) is 4.74 Å². The average molecular weight is 435 g/mol. The van der Waals surface area contributed by atoms with E-state index in [1.165, 1.54) is 4.68 Å². The first-order valence-electron chi connectivity index (χ1n) is 8.64. The zero-order valence-corrected chi connectivity index (χ0v) is 16.3. The molecule has 138 valence electrons. The summed E-state index contributed by atoms with van der Waals surface area (Å²) in [7, 11) is 0. The Hall–Kier alpha value is -3.25. The van der Waals surface area contributed by atoms with Gasteiger partial charge in [0.25, 0.3) is 5.56 Å². The number of carbonyl (C=O) groups is 1. The van der Waals surface area contributed by atoms with Crippen LogP contribution in [0.4, 0.5) is 0 Å². The van der Waals surface area contributed by atoms with Crippen LogP contribution < -0.4 is 10.3 Å². The van der Waals surface area contributed by atoms with E-state index in [-0.39, 0.29) is 17.8 Å². The summed E-state index contributed by atoms with van der Waals surface area (Å²) in [5.41, 5.74) is 0.760. The van der Waals surface area contributed by atoms with Crippen molar-refractivity contribution < 1.29 is 9.53 Å². The van der Waals surface area contributed by atoms with Gasteiger partial charge in [-0.05, 0) is 39.7 Å². The van der Waals surface area contributed by atoms with Gasteiger partial charge in [0, 0.05) is 5.39 Å². The number of halogens is 1. The van der Waals surface area contributed by atoms with E-state index in [1.807, 2.05) is 36.4 Å². The van der Waals surface area contributed by atoms with Crippen LogP contribution in [0.5, 0.6) is 5.75 Å². The van der Waals surface area contributed by atoms with Crippen molar-refractivity contribution in [3.8, 4) is 5.75 Å². The van der Waals surface area contributed by atoms with Gasteiger partial charge in [0.15, 0.2) is 5.69 Å². The smallest absolute Gasteiger partial charge is 0.364 e. The Bertz CT molecular complexity index is 1220. The van der Waals surface area contributed by atoms with Gasteiger partial charge < -0.3 is 4.74 Å². The Labute approximate surface area is 169 Å². The minimum atomic E-state index is -0.620. The van der Waals surface area contributed by atoms with Crippen LogP contribution in [0, 0.1) is 0 Å². The predicted octanol–water partition coefficient (Wildman–Crippen LogP) is 4.43. The highest BCUT2D eigenvalue weighted by Crippen LogP contribution is 2.25. The van der Waals surface area contributed by atoms with Gasteiger partial charge in [-0.15, -0.1) is 0 Å². The number of para-hydroxylation sites is 1. The first-order valence-corrected chi connectivity index (χ1v) is 9.43. The highest BCUT2D eigenvalue weighted by Gasteiger charge is 2.19. The van der Waals surface area contributed by atoms with Crippen molar-refractivity contribution in [1.29, 1.82) is 0 Å². The molecule has 5 nitrogen and oxygen atoms in total. The molecule has 28 heavy (non-hydrogen) atoms. The van der Waals surface area contributed by atoms with Gasteiger partial charge in [-0.25, -0.2) is 9.48 Å². The Morgan fingerprint density at radius 2 is 1.54 bits per heavy atom. The number of aromatic nitrogens is 2. The van der Waals surface area contributed by atoms with Crippen LogP contribution in [-0.4, -0.2) is 15.7 Å². The predicted molar refractivity (Wildman–Crippen MR) is 111 cm³/mol. The van der Waals surface area contributed by atoms with Gasteiger partial charge in [0.2, 0.25) is 0 Å². The third kappa shape index (κ3) is 3.59. The molecule has 0 unspecified atom stereocenters. The second-order valence-corrected chi connectivity index (χ2v) is 7.02. The minimum absolute atomic E-state index is 0.0990. The monoisotopic (exact) mass is 434 g/mol. The second kappa shape index (κ2) is 7.78. The molecule has 3 aromatic carbocycles. The lowest BCUT2D eigenvalue weighted by Gasteiger charge is -2.11. The van der Waals surface area contributed by atoms with Crippen molar-refractivity contribution >= 4 is 32.7 Å². The standard InChI is InChI=1S/C22H15BrN2O3/c23-18-12-6-7-13-19(18)28-22(27)20-16-10-4-5-11-17(16)21(26)25(24-20)14-15-8-2-1-3-9-15/h1-13H,14H2. The van der Waals surface area contributed by atoms with Crippen molar-refractivity contribution in [2.24, 2.45) is 0 Å². The first kappa shape index (κ1) is 18.1. The normalized spacial score (nSPS) is 10.8. The number of esters is 1. The molecular weight excluding hydrogens is 420 g/mol. The van der Waals surface area contributed by atoms with E-state index in [1.54, 1.807) is 42.5 Å². The minimum Gasteiger partial charge on any atom is -0.421 e. The number of nitrogens with zero attached hydrogens (tertiary/aromatic N) is 2. The van der Waals surface area contributed by atoms with E-state index in [0.717, 1.165) is 5.56 Å². The summed E-state index contributed by atoms with van der Waals surface area (Å²) in [6.45, 7) is 0.264. The van der Waals surface area contributed by atoms with Crippen LogP contribution in [0.3, 0.4) is 0 Å². The number of hydrogen-bond donors (Lipinski definition) is 0. The molecule has 4 rings (SSSR count). The lowest BCUT2D eigenvalue weighted by atomic mass is 10.1. The van der Waals surface area contributed by atoms with Crippen LogP contribution in [0.25, 0.3) is 10.8 Å². The van der Waals surface area contributed by atoms with E-state index >= 15 is 0 Å². The van der Waals surface area contributed by atoms with Gasteiger partial charge in [-0.1, -0.05) is 60.7 Å². The lowest BCUT2D eigenvalue weighted by Crippen LogP contribution is -2.27. The summed E-state index contributed by atoms with van der Waals surface area (Å²) in [5.74, 6) is -0.232. The van der Waals surface area contributed by atoms with E-state index in [2.05, 4.69) is 21.0 Å². The first-order chi connectivity index (χ1) is 13.6. The molecule has 0 fully saturated rings. The molecule has 0 aliphatic carbocycles. The Morgan fingerprint density at radius 3 is 2.29 bits per heavy atom. The Kier molecular flexibility index (Phi) is 5.04. The number of ether oxygens (including phenoxy) is 1. The molecule has 0 amide bonds. The van der Waals surface area contributed by atoms with Gasteiger partial charge >= 0.3 is 5.97 Å². The third-order valence-electron chi connectivity index (χ3n) is 4.28. The van der Waals surface area contributed by atoms with Crippen molar-refractivity contribution in [2.75, 3.05) is 0 Å². The zero-order chi connectivity index (χ0) is 19.5. The highest BCUT2D eigenvalue weighted by atomic mass is 79.9. The van der Waals surface area contributed by atoms with E-state index < -0.39 is 5.97 Å². The molecule has 0 atom stereocenters. The van der Waals surface area contributed by atoms with Crippen molar-refractivity contribution in [3.63, 3.8) is 0 Å². The molecule has 0 bridgehead atoms. The van der Waals surface area contributed by atoms with Crippen molar-refractivity contribution in [3.05, 3.63) is 105 Å². The number of carbonyl (C=O) groups excluding carboxylic acids is 1. The maximum absolute atomic E-state index is 12.9. The summed E-state index contributed by atoms with van der Waals surface area (Å²) < 4.78 is 7.48. The van der Waals surface area contributed by atoms with Crippen molar-refractivity contribution in [1.82, 2.24) is 9.78 Å². The van der Waals surface area contributed by atoms with E-state index in [0.29, 0.717) is 21.0 Å². The molecule has 1 heterocycles. The fraction of sp³-hybridized carbons (Fsp3) is 0.0455. The van der Waals surface area contributed by atoms with Crippen molar-refractivity contribution in [2.45, 2.75) is 6.54 Å². The Balaban J connectivity index is 1.81. The maximum atomic E-state index is 12.9. The van der Waals surface area contributed by atoms with Gasteiger partial charge in [0.05, 0.1) is 16.4 Å².